The quantitative estimate of drug-likeness (QED) is 0.363. The number of esters is 1. The first-order valence-corrected chi connectivity index (χ1v) is 10.5. The largest absolute Gasteiger partial charge is 0.461 e. The summed E-state index contributed by atoms with van der Waals surface area (Å²) in [6, 6.07) is 12.2. The molecule has 0 atom stereocenters. The van der Waals surface area contributed by atoms with Gasteiger partial charge < -0.3 is 14.1 Å². The van der Waals surface area contributed by atoms with Crippen molar-refractivity contribution >= 4 is 27.8 Å². The second-order valence-corrected chi connectivity index (χ2v) is 8.14. The lowest BCUT2D eigenvalue weighted by Crippen LogP contribution is -2.14. The first-order chi connectivity index (χ1) is 15.3. The number of nitrogens with zero attached hydrogens (tertiary/aromatic N) is 1. The van der Waals surface area contributed by atoms with Gasteiger partial charge in [-0.15, -0.1) is 0 Å². The highest BCUT2D eigenvalue weighted by molar-refractivity contribution is 5.82. The fraction of sp³-hybridized carbons (Fsp3) is 0.280. The van der Waals surface area contributed by atoms with Crippen LogP contribution in [0.4, 0.5) is 0 Å². The van der Waals surface area contributed by atoms with Gasteiger partial charge >= 0.3 is 11.6 Å². The molecular formula is C25H24N2O5. The van der Waals surface area contributed by atoms with E-state index in [-0.39, 0.29) is 25.0 Å². The van der Waals surface area contributed by atoms with Gasteiger partial charge in [-0.3, -0.25) is 9.59 Å². The topological polar surface area (TPSA) is 102 Å². The number of carbonyl (C=O) groups excluding carboxylic acids is 1. The maximum atomic E-state index is 12.3. The molecule has 1 N–H and O–H groups in total. The van der Waals surface area contributed by atoms with Gasteiger partial charge in [0.1, 0.15) is 18.0 Å². The number of ether oxygens (including phenoxy) is 1. The Labute approximate surface area is 184 Å². The Bertz CT molecular complexity index is 1430. The zero-order valence-electron chi connectivity index (χ0n) is 18.2. The molecule has 0 saturated heterocycles. The van der Waals surface area contributed by atoms with Gasteiger partial charge in [-0.05, 0) is 48.2 Å². The molecule has 4 aromatic rings. The van der Waals surface area contributed by atoms with Gasteiger partial charge in [0.2, 0.25) is 0 Å². The lowest BCUT2D eigenvalue weighted by Gasteiger charge is -2.13. The predicted molar refractivity (Wildman–Crippen MR) is 122 cm³/mol. The minimum absolute atomic E-state index is 0.0385. The highest BCUT2D eigenvalue weighted by atomic mass is 16.5. The molecule has 7 nitrogen and oxygen atoms in total. The Kier molecular flexibility index (Phi) is 5.90. The van der Waals surface area contributed by atoms with Gasteiger partial charge in [-0.25, -0.2) is 9.78 Å². The van der Waals surface area contributed by atoms with Crippen LogP contribution in [-0.4, -0.2) is 15.9 Å². The number of benzene rings is 2. The maximum absolute atomic E-state index is 12.3. The molecule has 0 spiro atoms. The fourth-order valence-electron chi connectivity index (χ4n) is 3.84. The minimum Gasteiger partial charge on any atom is -0.461 e. The third-order valence-corrected chi connectivity index (χ3v) is 5.46. The standard InChI is InChI=1S/C25H24N2O5/c1-14(2)18-12-19-16(11-24(29)32-21(19)10-15(18)3)13-31-23(28)9-8-22-26-20-7-5-4-6-17(20)25(30)27-22/h4-7,10-12,14H,8-9,13H2,1-3H3,(H,26,27,30). The summed E-state index contributed by atoms with van der Waals surface area (Å²) >= 11 is 0. The number of nitrogens with one attached hydrogen (secondary N) is 1. The molecule has 0 fully saturated rings. The van der Waals surface area contributed by atoms with Crippen LogP contribution in [0.1, 0.15) is 48.7 Å². The van der Waals surface area contributed by atoms with Gasteiger partial charge in [0.05, 0.1) is 17.3 Å². The van der Waals surface area contributed by atoms with Crippen LogP contribution < -0.4 is 11.2 Å². The van der Waals surface area contributed by atoms with Gasteiger partial charge in [-0.1, -0.05) is 26.0 Å². The first kappa shape index (κ1) is 21.5. The van der Waals surface area contributed by atoms with Crippen molar-refractivity contribution < 1.29 is 13.9 Å². The van der Waals surface area contributed by atoms with E-state index in [0.29, 0.717) is 33.8 Å². The van der Waals surface area contributed by atoms with Crippen molar-refractivity contribution in [1.29, 1.82) is 0 Å². The van der Waals surface area contributed by atoms with Crippen molar-refractivity contribution in [1.82, 2.24) is 9.97 Å². The number of para-hydroxylation sites is 1. The molecule has 0 radical (unpaired) electrons. The molecule has 164 valence electrons. The number of fused-ring (bicyclic) bond motifs is 2. The van der Waals surface area contributed by atoms with Crippen LogP contribution in [0, 0.1) is 6.92 Å². The highest BCUT2D eigenvalue weighted by Crippen LogP contribution is 2.27. The lowest BCUT2D eigenvalue weighted by atomic mass is 9.95. The Morgan fingerprint density at radius 1 is 1.12 bits per heavy atom. The molecule has 0 saturated carbocycles. The van der Waals surface area contributed by atoms with Crippen molar-refractivity contribution in [2.75, 3.05) is 0 Å². The van der Waals surface area contributed by atoms with Crippen molar-refractivity contribution in [2.45, 2.75) is 46.1 Å². The molecule has 0 aliphatic carbocycles. The first-order valence-electron chi connectivity index (χ1n) is 10.5. The lowest BCUT2D eigenvalue weighted by molar-refractivity contribution is -0.144. The number of carbonyl (C=O) groups is 1. The van der Waals surface area contributed by atoms with E-state index in [1.54, 1.807) is 24.3 Å². The summed E-state index contributed by atoms with van der Waals surface area (Å²) in [5.41, 5.74) is 3.12. The number of aromatic amines is 1. The van der Waals surface area contributed by atoms with Gasteiger partial charge in [0, 0.05) is 23.4 Å². The zero-order valence-corrected chi connectivity index (χ0v) is 18.2. The molecule has 2 heterocycles. The number of rotatable bonds is 6. The van der Waals surface area contributed by atoms with Crippen molar-refractivity contribution in [3.8, 4) is 0 Å². The summed E-state index contributed by atoms with van der Waals surface area (Å²) in [5.74, 6) is 0.283. The van der Waals surface area contributed by atoms with Crippen LogP contribution in [0.3, 0.4) is 0 Å². The Morgan fingerprint density at radius 2 is 1.91 bits per heavy atom. The second-order valence-electron chi connectivity index (χ2n) is 8.14. The molecule has 0 aliphatic rings. The van der Waals surface area contributed by atoms with Crippen LogP contribution in [0.25, 0.3) is 21.9 Å². The predicted octanol–water partition coefficient (Wildman–Crippen LogP) is 4.14. The summed E-state index contributed by atoms with van der Waals surface area (Å²) in [4.78, 5) is 43.6. The van der Waals surface area contributed by atoms with Gasteiger partial charge in [0.15, 0.2) is 0 Å². The number of hydrogen-bond donors (Lipinski definition) is 1. The normalized spacial score (nSPS) is 11.4. The van der Waals surface area contributed by atoms with E-state index in [2.05, 4.69) is 23.8 Å². The highest BCUT2D eigenvalue weighted by Gasteiger charge is 2.13. The molecule has 0 unspecified atom stereocenters. The van der Waals surface area contributed by atoms with Crippen LogP contribution in [0.5, 0.6) is 0 Å². The van der Waals surface area contributed by atoms with Crippen LogP contribution >= 0.6 is 0 Å². The number of hydrogen-bond acceptors (Lipinski definition) is 6. The van der Waals surface area contributed by atoms with Crippen molar-refractivity contribution in [3.05, 3.63) is 85.8 Å². The summed E-state index contributed by atoms with van der Waals surface area (Å²) in [5, 5.41) is 1.26. The average Bonchev–Trinajstić information content (AvgIpc) is 2.75. The zero-order chi connectivity index (χ0) is 22.8. The van der Waals surface area contributed by atoms with E-state index in [1.165, 1.54) is 6.07 Å². The molecule has 32 heavy (non-hydrogen) atoms. The summed E-state index contributed by atoms with van der Waals surface area (Å²) < 4.78 is 10.8. The monoisotopic (exact) mass is 432 g/mol. The number of H-pyrrole nitrogens is 1. The molecular weight excluding hydrogens is 408 g/mol. The molecule has 0 aliphatic heterocycles. The van der Waals surface area contributed by atoms with Gasteiger partial charge in [-0.2, -0.15) is 0 Å². The molecule has 0 bridgehead atoms. The Morgan fingerprint density at radius 3 is 2.69 bits per heavy atom. The average molecular weight is 432 g/mol. The molecule has 7 heteroatoms. The molecule has 0 amide bonds. The maximum Gasteiger partial charge on any atom is 0.336 e. The SMILES string of the molecule is Cc1cc2oc(=O)cc(COC(=O)CCc3nc4ccccc4c(=O)[nH]3)c2cc1C(C)C. The van der Waals surface area contributed by atoms with E-state index in [9.17, 15) is 14.4 Å². The van der Waals surface area contributed by atoms with Crippen molar-refractivity contribution in [3.63, 3.8) is 0 Å². The molecule has 4 rings (SSSR count). The third kappa shape index (κ3) is 4.46. The smallest absolute Gasteiger partial charge is 0.336 e. The van der Waals surface area contributed by atoms with E-state index >= 15 is 0 Å². The van der Waals surface area contributed by atoms with Crippen molar-refractivity contribution in [2.24, 2.45) is 0 Å². The van der Waals surface area contributed by atoms with Gasteiger partial charge in [0.25, 0.3) is 5.56 Å². The summed E-state index contributed by atoms with van der Waals surface area (Å²) in [7, 11) is 0. The van der Waals surface area contributed by atoms with E-state index < -0.39 is 11.6 Å². The Balaban J connectivity index is 1.49. The molecule has 2 aromatic heterocycles. The number of aromatic nitrogens is 2. The fourth-order valence-corrected chi connectivity index (χ4v) is 3.84. The number of aryl methyl sites for hydroxylation is 2. The minimum atomic E-state index is -0.488. The van der Waals surface area contributed by atoms with E-state index in [4.69, 9.17) is 9.15 Å². The molecule has 2 aromatic carbocycles. The van der Waals surface area contributed by atoms with E-state index in [0.717, 1.165) is 16.5 Å². The summed E-state index contributed by atoms with van der Waals surface area (Å²) in [6.07, 6.45) is 0.296. The van der Waals surface area contributed by atoms with Crippen LogP contribution in [-0.2, 0) is 22.6 Å². The summed E-state index contributed by atoms with van der Waals surface area (Å²) in [6.45, 7) is 6.13. The van der Waals surface area contributed by atoms with Crippen LogP contribution in [0.2, 0.25) is 0 Å². The van der Waals surface area contributed by atoms with Crippen LogP contribution in [0.15, 0.2) is 56.5 Å². The third-order valence-electron chi connectivity index (χ3n) is 5.46. The second kappa shape index (κ2) is 8.78. The Hall–Kier alpha value is -3.74. The van der Waals surface area contributed by atoms with E-state index in [1.807, 2.05) is 19.1 Å².